The van der Waals surface area contributed by atoms with E-state index in [0.717, 1.165) is 36.1 Å². The van der Waals surface area contributed by atoms with Gasteiger partial charge in [-0.3, -0.25) is 4.79 Å². The van der Waals surface area contributed by atoms with Crippen LogP contribution in [-0.2, 0) is 4.79 Å². The quantitative estimate of drug-likeness (QED) is 0.186. The SMILES string of the molecule is CCN(CC)c1ccc(/C=N/Nc2nnc(SCC(=O)Nc3cccc(F)c3)n2N)cc1. The summed E-state index contributed by atoms with van der Waals surface area (Å²) in [6.07, 6.45) is 1.65. The Bertz CT molecular complexity index is 1070. The number of hydrazone groups is 1. The molecular weight excluding hydrogens is 431 g/mol. The van der Waals surface area contributed by atoms with Crippen LogP contribution in [-0.4, -0.2) is 45.8 Å². The lowest BCUT2D eigenvalue weighted by molar-refractivity contribution is -0.113. The maximum Gasteiger partial charge on any atom is 0.264 e. The van der Waals surface area contributed by atoms with E-state index in [1.807, 2.05) is 24.3 Å². The number of carbonyl (C=O) groups excluding carboxylic acids is 1. The average Bonchev–Trinajstić information content (AvgIpc) is 3.13. The third-order valence-corrected chi connectivity index (χ3v) is 5.45. The van der Waals surface area contributed by atoms with Crippen molar-refractivity contribution in [1.82, 2.24) is 14.9 Å². The number of hydrogen-bond acceptors (Lipinski definition) is 8. The number of aromatic nitrogens is 3. The molecule has 0 aliphatic heterocycles. The standard InChI is InChI=1S/C21H25FN8OS/c1-3-29(4-2)18-10-8-15(9-11-18)13-24-26-20-27-28-21(30(20)23)32-14-19(31)25-17-7-5-6-16(22)12-17/h5-13H,3-4,14,23H2,1-2H3,(H,25,31)(H,26,27)/b24-13+. The van der Waals surface area contributed by atoms with Crippen molar-refractivity contribution in [2.75, 3.05) is 40.3 Å². The topological polar surface area (TPSA) is 113 Å². The maximum atomic E-state index is 13.2. The van der Waals surface area contributed by atoms with E-state index < -0.39 is 5.82 Å². The second-order valence-electron chi connectivity index (χ2n) is 6.66. The number of anilines is 3. The van der Waals surface area contributed by atoms with Gasteiger partial charge in [-0.1, -0.05) is 30.0 Å². The van der Waals surface area contributed by atoms with Crippen molar-refractivity contribution < 1.29 is 9.18 Å². The minimum Gasteiger partial charge on any atom is -0.372 e. The predicted molar refractivity (Wildman–Crippen MR) is 127 cm³/mol. The Morgan fingerprint density at radius 3 is 2.66 bits per heavy atom. The number of nitrogen functional groups attached to an aromatic ring is 1. The lowest BCUT2D eigenvalue weighted by atomic mass is 10.2. The van der Waals surface area contributed by atoms with Gasteiger partial charge in [0.25, 0.3) is 5.95 Å². The highest BCUT2D eigenvalue weighted by atomic mass is 32.2. The number of carbonyl (C=O) groups is 1. The molecule has 0 atom stereocenters. The van der Waals surface area contributed by atoms with Crippen LogP contribution < -0.4 is 21.5 Å². The van der Waals surface area contributed by atoms with Gasteiger partial charge in [-0.05, 0) is 49.7 Å². The average molecular weight is 457 g/mol. The highest BCUT2D eigenvalue weighted by Crippen LogP contribution is 2.18. The monoisotopic (exact) mass is 456 g/mol. The Labute approximate surface area is 189 Å². The Balaban J connectivity index is 1.51. The number of nitrogens with one attached hydrogen (secondary N) is 2. The van der Waals surface area contributed by atoms with Crippen molar-refractivity contribution in [3.63, 3.8) is 0 Å². The van der Waals surface area contributed by atoms with Gasteiger partial charge in [-0.15, -0.1) is 10.2 Å². The summed E-state index contributed by atoms with van der Waals surface area (Å²) in [6.45, 7) is 6.14. The van der Waals surface area contributed by atoms with Gasteiger partial charge in [-0.2, -0.15) is 5.10 Å². The molecule has 9 nitrogen and oxygen atoms in total. The highest BCUT2D eigenvalue weighted by Gasteiger charge is 2.12. The fraction of sp³-hybridized carbons (Fsp3) is 0.238. The summed E-state index contributed by atoms with van der Waals surface area (Å²) >= 11 is 1.10. The van der Waals surface area contributed by atoms with Crippen molar-refractivity contribution in [1.29, 1.82) is 0 Å². The number of nitrogens with two attached hydrogens (primary N) is 1. The summed E-state index contributed by atoms with van der Waals surface area (Å²) < 4.78 is 14.4. The normalized spacial score (nSPS) is 11.0. The lowest BCUT2D eigenvalue weighted by Crippen LogP contribution is -2.21. The van der Waals surface area contributed by atoms with Gasteiger partial charge >= 0.3 is 0 Å². The first-order valence-electron chi connectivity index (χ1n) is 10.0. The zero-order valence-corrected chi connectivity index (χ0v) is 18.6. The minimum absolute atomic E-state index is 0.0357. The lowest BCUT2D eigenvalue weighted by Gasteiger charge is -2.20. The van der Waals surface area contributed by atoms with E-state index in [0.29, 0.717) is 10.8 Å². The molecule has 32 heavy (non-hydrogen) atoms. The summed E-state index contributed by atoms with van der Waals surface area (Å²) in [7, 11) is 0. The fourth-order valence-electron chi connectivity index (χ4n) is 2.87. The molecule has 1 aromatic heterocycles. The predicted octanol–water partition coefficient (Wildman–Crippen LogP) is 3.15. The Kier molecular flexibility index (Phi) is 8.03. The van der Waals surface area contributed by atoms with Crippen LogP contribution in [0.25, 0.3) is 0 Å². The molecule has 0 unspecified atom stereocenters. The summed E-state index contributed by atoms with van der Waals surface area (Å²) in [5, 5.41) is 15.0. The summed E-state index contributed by atoms with van der Waals surface area (Å²) in [6, 6.07) is 13.7. The van der Waals surface area contributed by atoms with Gasteiger partial charge < -0.3 is 16.1 Å². The van der Waals surface area contributed by atoms with Crippen LogP contribution in [0, 0.1) is 5.82 Å². The zero-order chi connectivity index (χ0) is 22.9. The van der Waals surface area contributed by atoms with Gasteiger partial charge in [0.15, 0.2) is 0 Å². The Hall–Kier alpha value is -3.60. The molecule has 3 rings (SSSR count). The van der Waals surface area contributed by atoms with E-state index in [1.165, 1.54) is 22.9 Å². The van der Waals surface area contributed by atoms with Crippen LogP contribution in [0.15, 0.2) is 58.8 Å². The van der Waals surface area contributed by atoms with Gasteiger partial charge in [0.05, 0.1) is 12.0 Å². The summed E-state index contributed by atoms with van der Waals surface area (Å²) in [4.78, 5) is 14.3. The zero-order valence-electron chi connectivity index (χ0n) is 17.8. The van der Waals surface area contributed by atoms with E-state index in [-0.39, 0.29) is 17.6 Å². The molecule has 2 aromatic carbocycles. The van der Waals surface area contributed by atoms with Gasteiger partial charge in [0.2, 0.25) is 11.1 Å². The van der Waals surface area contributed by atoms with E-state index >= 15 is 0 Å². The molecule has 0 fully saturated rings. The minimum atomic E-state index is -0.423. The van der Waals surface area contributed by atoms with Crippen LogP contribution >= 0.6 is 11.8 Å². The van der Waals surface area contributed by atoms with Crippen molar-refractivity contribution in [3.05, 3.63) is 59.9 Å². The Morgan fingerprint density at radius 2 is 1.97 bits per heavy atom. The summed E-state index contributed by atoms with van der Waals surface area (Å²) in [5.41, 5.74) is 5.20. The molecule has 1 heterocycles. The van der Waals surface area contributed by atoms with Crippen LogP contribution in [0.3, 0.4) is 0 Å². The number of nitrogens with zero attached hydrogens (tertiary/aromatic N) is 5. The highest BCUT2D eigenvalue weighted by molar-refractivity contribution is 7.99. The van der Waals surface area contributed by atoms with Crippen LogP contribution in [0.5, 0.6) is 0 Å². The van der Waals surface area contributed by atoms with E-state index in [9.17, 15) is 9.18 Å². The number of amides is 1. The first-order chi connectivity index (χ1) is 15.5. The molecule has 4 N–H and O–H groups in total. The third kappa shape index (κ3) is 6.20. The molecule has 0 saturated heterocycles. The van der Waals surface area contributed by atoms with Gasteiger partial charge in [0, 0.05) is 24.5 Å². The van der Waals surface area contributed by atoms with Crippen molar-refractivity contribution in [2.45, 2.75) is 19.0 Å². The molecule has 0 bridgehead atoms. The second-order valence-corrected chi connectivity index (χ2v) is 7.60. The van der Waals surface area contributed by atoms with E-state index in [1.54, 1.807) is 12.3 Å². The molecular formula is C21H25FN8OS. The number of halogens is 1. The molecule has 0 saturated carbocycles. The fourth-order valence-corrected chi connectivity index (χ4v) is 3.53. The third-order valence-electron chi connectivity index (χ3n) is 4.51. The Morgan fingerprint density at radius 1 is 1.22 bits per heavy atom. The number of benzene rings is 2. The van der Waals surface area contributed by atoms with Crippen LogP contribution in [0.2, 0.25) is 0 Å². The van der Waals surface area contributed by atoms with E-state index in [4.69, 9.17) is 5.84 Å². The van der Waals surface area contributed by atoms with E-state index in [2.05, 4.69) is 44.8 Å². The maximum absolute atomic E-state index is 13.2. The molecule has 3 aromatic rings. The molecule has 11 heteroatoms. The molecule has 0 radical (unpaired) electrons. The number of hydrogen-bond donors (Lipinski definition) is 3. The van der Waals surface area contributed by atoms with Gasteiger partial charge in [-0.25, -0.2) is 14.5 Å². The molecule has 0 aliphatic rings. The van der Waals surface area contributed by atoms with Gasteiger partial charge in [0.1, 0.15) is 5.82 Å². The largest absolute Gasteiger partial charge is 0.372 e. The molecule has 0 spiro atoms. The number of thioether (sulfide) groups is 1. The molecule has 168 valence electrons. The van der Waals surface area contributed by atoms with Crippen LogP contribution in [0.1, 0.15) is 19.4 Å². The van der Waals surface area contributed by atoms with Crippen molar-refractivity contribution >= 4 is 41.2 Å². The van der Waals surface area contributed by atoms with Crippen LogP contribution in [0.4, 0.5) is 21.7 Å². The number of rotatable bonds is 10. The summed E-state index contributed by atoms with van der Waals surface area (Å²) in [5.74, 6) is 5.50. The first-order valence-corrected chi connectivity index (χ1v) is 11.0. The van der Waals surface area contributed by atoms with Crippen molar-refractivity contribution in [3.8, 4) is 0 Å². The molecule has 1 amide bonds. The first kappa shape index (κ1) is 23.1. The van der Waals surface area contributed by atoms with Crippen molar-refractivity contribution in [2.24, 2.45) is 5.10 Å². The smallest absolute Gasteiger partial charge is 0.264 e. The second kappa shape index (κ2) is 11.1. The molecule has 0 aliphatic carbocycles.